The van der Waals surface area contributed by atoms with Crippen molar-refractivity contribution in [3.63, 3.8) is 0 Å². The Kier molecular flexibility index (Phi) is 4.20. The molecular weight excluding hydrogens is 160 g/mol. The summed E-state index contributed by atoms with van der Waals surface area (Å²) in [6, 6.07) is 0. The van der Waals surface area contributed by atoms with Crippen LogP contribution in [0.5, 0.6) is 0 Å². The maximum atomic E-state index is 10.3. The van der Waals surface area contributed by atoms with Gasteiger partial charge in [0.1, 0.15) is 6.10 Å². The molecule has 0 saturated carbocycles. The molecule has 0 aliphatic carbocycles. The number of hydrogen-bond donors (Lipinski definition) is 0. The predicted octanol–water partition coefficient (Wildman–Crippen LogP) is 0.262. The van der Waals surface area contributed by atoms with Crippen LogP contribution in [0.3, 0.4) is 0 Å². The van der Waals surface area contributed by atoms with E-state index >= 15 is 0 Å². The van der Waals surface area contributed by atoms with Crippen molar-refractivity contribution in [1.82, 2.24) is 0 Å². The van der Waals surface area contributed by atoms with E-state index in [-0.39, 0.29) is 0 Å². The van der Waals surface area contributed by atoms with Crippen LogP contribution in [0.1, 0.15) is 34.1 Å². The van der Waals surface area contributed by atoms with Crippen LogP contribution in [0, 0.1) is 0 Å². The van der Waals surface area contributed by atoms with Gasteiger partial charge >= 0.3 is 0 Å². The standard InChI is InChI=1S/C8H16O4/c1-5-6(7(9)10)11-12-8(2,3)4/h6H,5H2,1-4H3,(H,9,10)/p-1. The topological polar surface area (TPSA) is 58.6 Å². The highest BCUT2D eigenvalue weighted by Crippen LogP contribution is 2.10. The average Bonchev–Trinajstić information content (AvgIpc) is 1.85. The van der Waals surface area contributed by atoms with Crippen LogP contribution in [-0.4, -0.2) is 17.7 Å². The first-order valence-electron chi connectivity index (χ1n) is 3.92. The lowest BCUT2D eigenvalue weighted by atomic mass is 10.2. The van der Waals surface area contributed by atoms with Crippen LogP contribution in [-0.2, 0) is 14.6 Å². The Balaban J connectivity index is 3.81. The monoisotopic (exact) mass is 175 g/mol. The molecule has 0 saturated heterocycles. The summed E-state index contributed by atoms with van der Waals surface area (Å²) in [4.78, 5) is 19.8. The first-order valence-corrected chi connectivity index (χ1v) is 3.92. The maximum absolute atomic E-state index is 10.3. The molecule has 0 aromatic heterocycles. The van der Waals surface area contributed by atoms with Crippen LogP contribution in [0.25, 0.3) is 0 Å². The van der Waals surface area contributed by atoms with Crippen molar-refractivity contribution in [2.24, 2.45) is 0 Å². The number of rotatable bonds is 4. The van der Waals surface area contributed by atoms with Crippen molar-refractivity contribution >= 4 is 5.97 Å². The minimum absolute atomic E-state index is 0.332. The second-order valence-electron chi connectivity index (χ2n) is 3.51. The molecule has 0 amide bonds. The summed E-state index contributed by atoms with van der Waals surface area (Å²) >= 11 is 0. The van der Waals surface area contributed by atoms with Gasteiger partial charge in [-0.1, -0.05) is 6.92 Å². The van der Waals surface area contributed by atoms with E-state index in [4.69, 9.17) is 4.89 Å². The molecule has 0 N–H and O–H groups in total. The Morgan fingerprint density at radius 3 is 2.25 bits per heavy atom. The summed E-state index contributed by atoms with van der Waals surface area (Å²) in [7, 11) is 0. The van der Waals surface area contributed by atoms with E-state index in [0.717, 1.165) is 0 Å². The van der Waals surface area contributed by atoms with Crippen LogP contribution < -0.4 is 5.11 Å². The molecule has 0 aliphatic rings. The summed E-state index contributed by atoms with van der Waals surface area (Å²) < 4.78 is 0. The molecule has 0 rings (SSSR count). The van der Waals surface area contributed by atoms with Crippen LogP contribution in [0.4, 0.5) is 0 Å². The van der Waals surface area contributed by atoms with Crippen molar-refractivity contribution < 1.29 is 19.7 Å². The average molecular weight is 175 g/mol. The summed E-state index contributed by atoms with van der Waals surface area (Å²) in [5.74, 6) is -1.25. The lowest BCUT2D eigenvalue weighted by Gasteiger charge is -2.22. The van der Waals surface area contributed by atoms with E-state index in [2.05, 4.69) is 4.89 Å². The molecule has 4 nitrogen and oxygen atoms in total. The Hall–Kier alpha value is -0.610. The van der Waals surface area contributed by atoms with Crippen molar-refractivity contribution in [1.29, 1.82) is 0 Å². The van der Waals surface area contributed by atoms with E-state index in [1.165, 1.54) is 0 Å². The smallest absolute Gasteiger partial charge is 0.132 e. The SMILES string of the molecule is CCC(OOC(C)(C)C)C(=O)[O-]. The second kappa shape index (κ2) is 4.42. The van der Waals surface area contributed by atoms with Gasteiger partial charge in [-0.05, 0) is 27.2 Å². The Morgan fingerprint density at radius 1 is 1.50 bits per heavy atom. The zero-order valence-corrected chi connectivity index (χ0v) is 7.92. The minimum atomic E-state index is -1.25. The zero-order valence-electron chi connectivity index (χ0n) is 7.92. The van der Waals surface area contributed by atoms with Gasteiger partial charge in [0.15, 0.2) is 0 Å². The van der Waals surface area contributed by atoms with E-state index < -0.39 is 17.7 Å². The number of carboxylic acid groups (broad SMARTS) is 1. The molecule has 0 aromatic rings. The van der Waals surface area contributed by atoms with E-state index in [1.54, 1.807) is 27.7 Å². The van der Waals surface area contributed by atoms with Gasteiger partial charge in [-0.25, -0.2) is 9.78 Å². The number of carbonyl (C=O) groups excluding carboxylic acids is 1. The molecule has 0 aliphatic heterocycles. The highest BCUT2D eigenvalue weighted by molar-refractivity contribution is 5.69. The molecule has 1 unspecified atom stereocenters. The predicted molar refractivity (Wildman–Crippen MR) is 41.0 cm³/mol. The number of hydrogen-bond acceptors (Lipinski definition) is 4. The number of carboxylic acids is 1. The van der Waals surface area contributed by atoms with Crippen molar-refractivity contribution in [3.05, 3.63) is 0 Å². The van der Waals surface area contributed by atoms with Gasteiger partial charge in [-0.3, -0.25) is 0 Å². The van der Waals surface area contributed by atoms with Gasteiger partial charge in [0.25, 0.3) is 0 Å². The molecule has 0 bridgehead atoms. The summed E-state index contributed by atoms with van der Waals surface area (Å²) in [5, 5.41) is 10.3. The third-order valence-electron chi connectivity index (χ3n) is 1.05. The lowest BCUT2D eigenvalue weighted by molar-refractivity contribution is -0.392. The molecule has 72 valence electrons. The zero-order chi connectivity index (χ0) is 9.78. The van der Waals surface area contributed by atoms with Gasteiger partial charge in [-0.15, -0.1) is 0 Å². The van der Waals surface area contributed by atoms with Crippen molar-refractivity contribution in [3.8, 4) is 0 Å². The van der Waals surface area contributed by atoms with Crippen LogP contribution in [0.2, 0.25) is 0 Å². The Morgan fingerprint density at radius 2 is 2.00 bits per heavy atom. The molecule has 12 heavy (non-hydrogen) atoms. The summed E-state index contributed by atoms with van der Waals surface area (Å²) in [6.45, 7) is 7.01. The lowest BCUT2D eigenvalue weighted by Crippen LogP contribution is -2.38. The molecule has 0 heterocycles. The van der Waals surface area contributed by atoms with Gasteiger partial charge < -0.3 is 9.90 Å². The molecule has 0 fully saturated rings. The highest BCUT2D eigenvalue weighted by Gasteiger charge is 2.16. The van der Waals surface area contributed by atoms with Crippen LogP contribution >= 0.6 is 0 Å². The molecule has 4 heteroatoms. The van der Waals surface area contributed by atoms with Crippen molar-refractivity contribution in [2.75, 3.05) is 0 Å². The summed E-state index contributed by atoms with van der Waals surface area (Å²) in [5.41, 5.74) is -0.497. The van der Waals surface area contributed by atoms with Gasteiger partial charge in [0.05, 0.1) is 11.6 Å². The van der Waals surface area contributed by atoms with E-state index in [0.29, 0.717) is 6.42 Å². The summed E-state index contributed by atoms with van der Waals surface area (Å²) in [6.07, 6.45) is -0.650. The minimum Gasteiger partial charge on any atom is -0.547 e. The Bertz CT molecular complexity index is 148. The van der Waals surface area contributed by atoms with Crippen LogP contribution in [0.15, 0.2) is 0 Å². The largest absolute Gasteiger partial charge is 0.547 e. The van der Waals surface area contributed by atoms with E-state index in [1.807, 2.05) is 0 Å². The van der Waals surface area contributed by atoms with Crippen molar-refractivity contribution in [2.45, 2.75) is 45.8 Å². The van der Waals surface area contributed by atoms with Gasteiger partial charge in [-0.2, -0.15) is 0 Å². The highest BCUT2D eigenvalue weighted by atomic mass is 17.2. The molecule has 1 atom stereocenters. The third kappa shape index (κ3) is 5.09. The molecule has 0 radical (unpaired) electrons. The van der Waals surface area contributed by atoms with Gasteiger partial charge in [0.2, 0.25) is 0 Å². The fourth-order valence-electron chi connectivity index (χ4n) is 0.476. The first kappa shape index (κ1) is 11.4. The Labute approximate surface area is 72.4 Å². The number of aliphatic carboxylic acids is 1. The fourth-order valence-corrected chi connectivity index (χ4v) is 0.476. The third-order valence-corrected chi connectivity index (χ3v) is 1.05. The first-order chi connectivity index (χ1) is 5.37. The second-order valence-corrected chi connectivity index (χ2v) is 3.51. The van der Waals surface area contributed by atoms with E-state index in [9.17, 15) is 9.90 Å². The molecule has 0 spiro atoms. The fraction of sp³-hybridized carbons (Fsp3) is 0.875. The quantitative estimate of drug-likeness (QED) is 0.454. The normalized spacial score (nSPS) is 14.3. The molecular formula is C8H15O4-. The number of carbonyl (C=O) groups is 1. The maximum Gasteiger partial charge on any atom is 0.132 e. The molecule has 0 aromatic carbocycles. The van der Waals surface area contributed by atoms with Gasteiger partial charge in [0, 0.05) is 0 Å².